The number of nitrogens with one attached hydrogen (secondary N) is 2. The van der Waals surface area contributed by atoms with Crippen LogP contribution < -0.4 is 5.32 Å². The molecule has 0 radical (unpaired) electrons. The van der Waals surface area contributed by atoms with Gasteiger partial charge >= 0.3 is 6.09 Å². The highest BCUT2D eigenvalue weighted by Gasteiger charge is 2.28. The van der Waals surface area contributed by atoms with Gasteiger partial charge < -0.3 is 10.1 Å². The maximum absolute atomic E-state index is 12.2. The van der Waals surface area contributed by atoms with Gasteiger partial charge in [0.1, 0.15) is 6.61 Å². The smallest absolute Gasteiger partial charge is 0.407 e. The fourth-order valence-electron chi connectivity index (χ4n) is 3.93. The molecule has 2 heterocycles. The number of hydrogen-bond acceptors (Lipinski definition) is 4. The third-order valence-corrected chi connectivity index (χ3v) is 5.33. The van der Waals surface area contributed by atoms with E-state index in [0.29, 0.717) is 13.2 Å². The Morgan fingerprint density at radius 2 is 1.80 bits per heavy atom. The largest absolute Gasteiger partial charge is 0.449 e. The molecule has 6 nitrogen and oxygen atoms in total. The van der Waals surface area contributed by atoms with Gasteiger partial charge in [-0.1, -0.05) is 60.7 Å². The first kappa shape index (κ1) is 18.1. The van der Waals surface area contributed by atoms with Crippen LogP contribution in [0.25, 0.3) is 28.2 Å². The SMILES string of the molecule is O=C(NCC=Cc1cnc2[nH]ncc2c1)OCC1c2ccccc2-c2ccccc21. The molecule has 30 heavy (non-hydrogen) atoms. The van der Waals surface area contributed by atoms with Gasteiger partial charge in [0, 0.05) is 24.0 Å². The standard InChI is InChI=1S/C24H20N4O2/c29-24(25-11-5-6-16-12-17-14-27-28-23(17)26-13-16)30-15-22-20-9-3-1-7-18(20)19-8-2-4-10-21(19)22/h1-10,12-14,22H,11,15H2,(H,25,29)(H,26,27,28). The number of carbonyl (C=O) groups excluding carboxylic acids is 1. The Labute approximate surface area is 173 Å². The van der Waals surface area contributed by atoms with Crippen LogP contribution >= 0.6 is 0 Å². The zero-order chi connectivity index (χ0) is 20.3. The number of fused-ring (bicyclic) bond motifs is 4. The van der Waals surface area contributed by atoms with Crippen molar-refractivity contribution in [3.8, 4) is 11.1 Å². The molecule has 0 bridgehead atoms. The van der Waals surface area contributed by atoms with Crippen LogP contribution in [0.15, 0.2) is 73.1 Å². The number of aromatic nitrogens is 3. The van der Waals surface area contributed by atoms with Crippen molar-refractivity contribution in [2.75, 3.05) is 13.2 Å². The van der Waals surface area contributed by atoms with Gasteiger partial charge in [-0.05, 0) is 33.9 Å². The van der Waals surface area contributed by atoms with Crippen molar-refractivity contribution in [3.05, 3.63) is 89.8 Å². The van der Waals surface area contributed by atoms with Crippen LogP contribution in [0.2, 0.25) is 0 Å². The summed E-state index contributed by atoms with van der Waals surface area (Å²) in [6.45, 7) is 0.685. The van der Waals surface area contributed by atoms with Gasteiger partial charge in [-0.3, -0.25) is 5.10 Å². The zero-order valence-corrected chi connectivity index (χ0v) is 16.2. The predicted octanol–water partition coefficient (Wildman–Crippen LogP) is 4.51. The molecule has 4 aromatic rings. The monoisotopic (exact) mass is 396 g/mol. The summed E-state index contributed by atoms with van der Waals surface area (Å²) in [6.07, 6.45) is 6.83. The van der Waals surface area contributed by atoms with E-state index in [1.54, 1.807) is 12.4 Å². The molecule has 5 rings (SSSR count). The van der Waals surface area contributed by atoms with Crippen LogP contribution in [0, 0.1) is 0 Å². The van der Waals surface area contributed by atoms with Gasteiger partial charge in [0.25, 0.3) is 0 Å². The minimum Gasteiger partial charge on any atom is -0.449 e. The quantitative estimate of drug-likeness (QED) is 0.520. The van der Waals surface area contributed by atoms with E-state index >= 15 is 0 Å². The average Bonchev–Trinajstić information content (AvgIpc) is 3.37. The summed E-state index contributed by atoms with van der Waals surface area (Å²) in [5.41, 5.74) is 6.53. The van der Waals surface area contributed by atoms with E-state index in [-0.39, 0.29) is 5.92 Å². The summed E-state index contributed by atoms with van der Waals surface area (Å²) in [5.74, 6) is 0.0615. The number of alkyl carbamates (subject to hydrolysis) is 1. The fraction of sp³-hybridized carbons (Fsp3) is 0.125. The van der Waals surface area contributed by atoms with Gasteiger partial charge in [0.2, 0.25) is 0 Å². The number of ether oxygens (including phenoxy) is 1. The van der Waals surface area contributed by atoms with E-state index in [1.807, 2.05) is 42.5 Å². The maximum Gasteiger partial charge on any atom is 0.407 e. The molecule has 2 aromatic carbocycles. The lowest BCUT2D eigenvalue weighted by atomic mass is 9.98. The van der Waals surface area contributed by atoms with Crippen LogP contribution in [0.4, 0.5) is 4.79 Å². The molecule has 0 spiro atoms. The Bertz CT molecular complexity index is 1200. The minimum atomic E-state index is -0.426. The molecule has 0 saturated carbocycles. The topological polar surface area (TPSA) is 79.9 Å². The highest BCUT2D eigenvalue weighted by Crippen LogP contribution is 2.44. The number of pyridine rings is 1. The Hall–Kier alpha value is -3.93. The second-order valence-electron chi connectivity index (χ2n) is 7.19. The Morgan fingerprint density at radius 3 is 2.57 bits per heavy atom. The van der Waals surface area contributed by atoms with Crippen molar-refractivity contribution in [2.24, 2.45) is 0 Å². The molecule has 1 amide bonds. The van der Waals surface area contributed by atoms with E-state index in [4.69, 9.17) is 4.74 Å². The highest BCUT2D eigenvalue weighted by atomic mass is 16.5. The normalized spacial score (nSPS) is 12.8. The van der Waals surface area contributed by atoms with Crippen LogP contribution in [-0.4, -0.2) is 34.4 Å². The summed E-state index contributed by atoms with van der Waals surface area (Å²) in [5, 5.41) is 10.5. The predicted molar refractivity (Wildman–Crippen MR) is 116 cm³/mol. The molecule has 0 unspecified atom stereocenters. The van der Waals surface area contributed by atoms with Crippen molar-refractivity contribution in [1.82, 2.24) is 20.5 Å². The molecule has 0 aliphatic heterocycles. The molecule has 0 atom stereocenters. The van der Waals surface area contributed by atoms with Crippen molar-refractivity contribution < 1.29 is 9.53 Å². The van der Waals surface area contributed by atoms with Gasteiger partial charge in [-0.15, -0.1) is 0 Å². The van der Waals surface area contributed by atoms with Crippen molar-refractivity contribution in [2.45, 2.75) is 5.92 Å². The summed E-state index contributed by atoms with van der Waals surface area (Å²) in [4.78, 5) is 16.5. The third-order valence-electron chi connectivity index (χ3n) is 5.33. The molecule has 2 N–H and O–H groups in total. The average molecular weight is 396 g/mol. The van der Waals surface area contributed by atoms with Crippen LogP contribution in [0.3, 0.4) is 0 Å². The number of amides is 1. The van der Waals surface area contributed by atoms with Gasteiger partial charge in [0.05, 0.1) is 6.20 Å². The van der Waals surface area contributed by atoms with Gasteiger partial charge in [0.15, 0.2) is 5.65 Å². The minimum absolute atomic E-state index is 0.0615. The summed E-state index contributed by atoms with van der Waals surface area (Å²) in [7, 11) is 0. The lowest BCUT2D eigenvalue weighted by Crippen LogP contribution is -2.26. The maximum atomic E-state index is 12.2. The number of rotatable bonds is 5. The number of carbonyl (C=O) groups is 1. The molecule has 0 fully saturated rings. The second kappa shape index (κ2) is 7.83. The Balaban J connectivity index is 1.18. The number of nitrogens with zero attached hydrogens (tertiary/aromatic N) is 2. The van der Waals surface area contributed by atoms with Gasteiger partial charge in [-0.2, -0.15) is 5.10 Å². The summed E-state index contributed by atoms with van der Waals surface area (Å²) < 4.78 is 5.53. The second-order valence-corrected chi connectivity index (χ2v) is 7.19. The van der Waals surface area contributed by atoms with Crippen LogP contribution in [0.1, 0.15) is 22.6 Å². The van der Waals surface area contributed by atoms with E-state index in [9.17, 15) is 4.79 Å². The summed E-state index contributed by atoms with van der Waals surface area (Å²) in [6, 6.07) is 18.6. The van der Waals surface area contributed by atoms with E-state index < -0.39 is 6.09 Å². The molecule has 1 aliphatic rings. The van der Waals surface area contributed by atoms with E-state index in [1.165, 1.54) is 22.3 Å². The Morgan fingerprint density at radius 1 is 1.07 bits per heavy atom. The molecule has 0 saturated heterocycles. The number of H-pyrrole nitrogens is 1. The van der Waals surface area contributed by atoms with Gasteiger partial charge in [-0.25, -0.2) is 9.78 Å². The molecular weight excluding hydrogens is 376 g/mol. The highest BCUT2D eigenvalue weighted by molar-refractivity contribution is 5.79. The molecule has 148 valence electrons. The third kappa shape index (κ3) is 3.43. The lowest BCUT2D eigenvalue weighted by molar-refractivity contribution is 0.144. The molecular formula is C24H20N4O2. The fourth-order valence-corrected chi connectivity index (χ4v) is 3.93. The van der Waals surface area contributed by atoms with Crippen LogP contribution in [-0.2, 0) is 4.74 Å². The van der Waals surface area contributed by atoms with E-state index in [0.717, 1.165) is 16.6 Å². The first-order valence-electron chi connectivity index (χ1n) is 9.84. The first-order chi connectivity index (χ1) is 14.8. The molecule has 1 aliphatic carbocycles. The number of benzene rings is 2. The van der Waals surface area contributed by atoms with Crippen molar-refractivity contribution >= 4 is 23.2 Å². The number of hydrogen-bond donors (Lipinski definition) is 2. The van der Waals surface area contributed by atoms with Crippen molar-refractivity contribution in [1.29, 1.82) is 0 Å². The lowest BCUT2D eigenvalue weighted by Gasteiger charge is -2.14. The molecule has 6 heteroatoms. The summed E-state index contributed by atoms with van der Waals surface area (Å²) >= 11 is 0. The van der Waals surface area contributed by atoms with Crippen molar-refractivity contribution in [3.63, 3.8) is 0 Å². The molecule has 2 aromatic heterocycles. The van der Waals surface area contributed by atoms with E-state index in [2.05, 4.69) is 44.8 Å². The van der Waals surface area contributed by atoms with Crippen LogP contribution in [0.5, 0.6) is 0 Å². The Kier molecular flexibility index (Phi) is 4.73. The first-order valence-corrected chi connectivity index (χ1v) is 9.84. The zero-order valence-electron chi connectivity index (χ0n) is 16.2. The number of aromatic amines is 1.